The molecule has 1 aromatic heterocycles. The number of thiophene rings is 1. The van der Waals surface area contributed by atoms with Gasteiger partial charge in [-0.3, -0.25) is 0 Å². The van der Waals surface area contributed by atoms with Crippen LogP contribution >= 0.6 is 11.3 Å². The van der Waals surface area contributed by atoms with Crippen molar-refractivity contribution in [2.75, 3.05) is 13.6 Å². The van der Waals surface area contributed by atoms with Gasteiger partial charge in [0.15, 0.2) is 0 Å². The van der Waals surface area contributed by atoms with Crippen LogP contribution in [0.2, 0.25) is 0 Å². The molecule has 1 aliphatic heterocycles. The smallest absolute Gasteiger partial charge is 0.195 e. The summed E-state index contributed by atoms with van der Waals surface area (Å²) in [6.07, 6.45) is 3.06. The number of hydrogen-bond acceptors (Lipinski definition) is 3. The Hall–Kier alpha value is -0.430. The van der Waals surface area contributed by atoms with Crippen molar-refractivity contribution in [1.82, 2.24) is 8.61 Å². The van der Waals surface area contributed by atoms with Crippen molar-refractivity contribution < 1.29 is 8.42 Å². The quantitative estimate of drug-likeness (QED) is 0.853. The summed E-state index contributed by atoms with van der Waals surface area (Å²) in [5, 5.41) is 1.97. The first-order valence-electron chi connectivity index (χ1n) is 6.27. The van der Waals surface area contributed by atoms with Crippen LogP contribution in [0.3, 0.4) is 0 Å². The molecule has 1 atom stereocenters. The Balaban J connectivity index is 2.09. The normalized spacial score (nSPS) is 22.5. The van der Waals surface area contributed by atoms with Gasteiger partial charge >= 0.3 is 0 Å². The molecule has 0 amide bonds. The molecule has 2 rings (SSSR count). The lowest BCUT2D eigenvalue weighted by atomic mass is 10.1. The molecule has 0 N–H and O–H groups in total. The van der Waals surface area contributed by atoms with Gasteiger partial charge in [-0.15, -0.1) is 11.3 Å². The van der Waals surface area contributed by atoms with Gasteiger partial charge in [-0.2, -0.15) is 17.0 Å². The third-order valence-corrected chi connectivity index (χ3v) is 6.30. The monoisotopic (exact) mass is 288 g/mol. The highest BCUT2D eigenvalue weighted by molar-refractivity contribution is 7.86. The van der Waals surface area contributed by atoms with E-state index in [0.717, 1.165) is 24.1 Å². The number of hydrogen-bond donors (Lipinski definition) is 0. The maximum atomic E-state index is 12.5. The minimum Gasteiger partial charge on any atom is -0.195 e. The first-order valence-corrected chi connectivity index (χ1v) is 8.55. The zero-order valence-corrected chi connectivity index (χ0v) is 12.5. The average Bonchev–Trinajstić information content (AvgIpc) is 2.82. The summed E-state index contributed by atoms with van der Waals surface area (Å²) in [6, 6.07) is 4.04. The van der Waals surface area contributed by atoms with Gasteiger partial charge in [0.1, 0.15) is 0 Å². The fraction of sp³-hybridized carbons (Fsp3) is 0.667. The molecule has 0 radical (unpaired) electrons. The lowest BCUT2D eigenvalue weighted by molar-refractivity contribution is 0.249. The maximum Gasteiger partial charge on any atom is 0.282 e. The van der Waals surface area contributed by atoms with Crippen LogP contribution in [0.4, 0.5) is 0 Å². The molecule has 18 heavy (non-hydrogen) atoms. The molecule has 1 fully saturated rings. The molecule has 102 valence electrons. The Kier molecular flexibility index (Phi) is 4.42. The highest BCUT2D eigenvalue weighted by atomic mass is 32.2. The zero-order valence-electron chi connectivity index (χ0n) is 10.9. The van der Waals surface area contributed by atoms with Gasteiger partial charge in [-0.05, 0) is 31.2 Å². The Bertz CT molecular complexity index is 470. The predicted molar refractivity (Wildman–Crippen MR) is 74.7 cm³/mol. The van der Waals surface area contributed by atoms with E-state index in [1.165, 1.54) is 4.31 Å². The molecule has 6 heteroatoms. The van der Waals surface area contributed by atoms with Gasteiger partial charge in [0.25, 0.3) is 10.2 Å². The predicted octanol–water partition coefficient (Wildman–Crippen LogP) is 2.30. The molecule has 1 saturated heterocycles. The first kappa shape index (κ1) is 14.0. The Morgan fingerprint density at radius 2 is 2.28 bits per heavy atom. The third kappa shape index (κ3) is 2.93. The van der Waals surface area contributed by atoms with E-state index in [4.69, 9.17) is 0 Å². The first-order chi connectivity index (χ1) is 8.51. The second-order valence-corrected chi connectivity index (χ2v) is 7.82. The fourth-order valence-corrected chi connectivity index (χ4v) is 4.72. The minimum atomic E-state index is -3.31. The SMILES string of the molecule is C[C@@H]1CCCCN1S(=O)(=O)N(C)Cc1cccs1. The second kappa shape index (κ2) is 5.69. The van der Waals surface area contributed by atoms with Gasteiger partial charge in [-0.25, -0.2) is 0 Å². The summed E-state index contributed by atoms with van der Waals surface area (Å²) < 4.78 is 28.1. The van der Waals surface area contributed by atoms with E-state index < -0.39 is 10.2 Å². The van der Waals surface area contributed by atoms with Crippen molar-refractivity contribution in [1.29, 1.82) is 0 Å². The third-order valence-electron chi connectivity index (χ3n) is 3.39. The Labute approximate surface area is 113 Å². The van der Waals surface area contributed by atoms with Gasteiger partial charge in [0.2, 0.25) is 0 Å². The van der Waals surface area contributed by atoms with E-state index in [2.05, 4.69) is 0 Å². The van der Waals surface area contributed by atoms with Gasteiger partial charge in [0, 0.05) is 31.1 Å². The van der Waals surface area contributed by atoms with Crippen molar-refractivity contribution >= 4 is 21.5 Å². The van der Waals surface area contributed by atoms with Crippen LogP contribution in [0.1, 0.15) is 31.1 Å². The van der Waals surface area contributed by atoms with Crippen LogP contribution in [-0.2, 0) is 16.8 Å². The van der Waals surface area contributed by atoms with E-state index in [1.54, 1.807) is 22.7 Å². The molecule has 1 aliphatic rings. The summed E-state index contributed by atoms with van der Waals surface area (Å²) in [5.74, 6) is 0. The number of rotatable bonds is 4. The van der Waals surface area contributed by atoms with Gasteiger partial charge < -0.3 is 0 Å². The largest absolute Gasteiger partial charge is 0.282 e. The molecule has 0 unspecified atom stereocenters. The number of piperidine rings is 1. The summed E-state index contributed by atoms with van der Waals surface area (Å²) in [5.41, 5.74) is 0. The van der Waals surface area contributed by atoms with E-state index in [0.29, 0.717) is 13.1 Å². The van der Waals surface area contributed by atoms with Crippen molar-refractivity contribution in [3.8, 4) is 0 Å². The molecule has 2 heterocycles. The molecule has 1 aromatic rings. The van der Waals surface area contributed by atoms with Crippen LogP contribution in [0.15, 0.2) is 17.5 Å². The van der Waals surface area contributed by atoms with E-state index in [1.807, 2.05) is 24.4 Å². The summed E-state index contributed by atoms with van der Waals surface area (Å²) in [7, 11) is -1.65. The van der Waals surface area contributed by atoms with E-state index in [-0.39, 0.29) is 6.04 Å². The van der Waals surface area contributed by atoms with Crippen LogP contribution in [0.5, 0.6) is 0 Å². The maximum absolute atomic E-state index is 12.5. The molecule has 0 saturated carbocycles. The van der Waals surface area contributed by atoms with Gasteiger partial charge in [-0.1, -0.05) is 12.5 Å². The number of nitrogens with zero attached hydrogens (tertiary/aromatic N) is 2. The zero-order chi connectivity index (χ0) is 13.2. The van der Waals surface area contributed by atoms with E-state index in [9.17, 15) is 8.42 Å². The van der Waals surface area contributed by atoms with Crippen LogP contribution in [-0.4, -0.2) is 36.7 Å². The van der Waals surface area contributed by atoms with E-state index >= 15 is 0 Å². The lowest BCUT2D eigenvalue weighted by Gasteiger charge is -2.35. The van der Waals surface area contributed by atoms with Crippen molar-refractivity contribution in [2.45, 2.75) is 38.8 Å². The fourth-order valence-electron chi connectivity index (χ4n) is 2.30. The topological polar surface area (TPSA) is 40.6 Å². The van der Waals surface area contributed by atoms with Gasteiger partial charge in [0.05, 0.1) is 0 Å². The van der Waals surface area contributed by atoms with Crippen molar-refractivity contribution in [3.05, 3.63) is 22.4 Å². The van der Waals surface area contributed by atoms with Crippen molar-refractivity contribution in [2.24, 2.45) is 0 Å². The van der Waals surface area contributed by atoms with Crippen LogP contribution < -0.4 is 0 Å². The summed E-state index contributed by atoms with van der Waals surface area (Å²) in [4.78, 5) is 1.07. The van der Waals surface area contributed by atoms with Crippen LogP contribution in [0, 0.1) is 0 Å². The average molecular weight is 288 g/mol. The summed E-state index contributed by atoms with van der Waals surface area (Å²) >= 11 is 1.59. The highest BCUT2D eigenvalue weighted by Crippen LogP contribution is 2.23. The molecule has 0 bridgehead atoms. The van der Waals surface area contributed by atoms with Crippen molar-refractivity contribution in [3.63, 3.8) is 0 Å². The highest BCUT2D eigenvalue weighted by Gasteiger charge is 2.32. The molecule has 0 spiro atoms. The molecule has 0 aliphatic carbocycles. The summed E-state index contributed by atoms with van der Waals surface area (Å²) in [6.45, 7) is 3.11. The second-order valence-electron chi connectivity index (χ2n) is 4.80. The Morgan fingerprint density at radius 3 is 2.89 bits per heavy atom. The lowest BCUT2D eigenvalue weighted by Crippen LogP contribution is -2.48. The van der Waals surface area contributed by atoms with Crippen LogP contribution in [0.25, 0.3) is 0 Å². The molecule has 0 aromatic carbocycles. The molecular weight excluding hydrogens is 268 g/mol. The minimum absolute atomic E-state index is 0.120. The Morgan fingerprint density at radius 1 is 1.50 bits per heavy atom. The standard InChI is InChI=1S/C12H20N2O2S2/c1-11-6-3-4-8-14(11)18(15,16)13(2)10-12-7-5-9-17-12/h5,7,9,11H,3-4,6,8,10H2,1-2H3/t11-/m1/s1. The molecule has 4 nitrogen and oxygen atoms in total. The molecular formula is C12H20N2O2S2.